The van der Waals surface area contributed by atoms with Gasteiger partial charge in [0.1, 0.15) is 18.1 Å². The Hall–Kier alpha value is -2.00. The molecule has 0 atom stereocenters. The molecule has 110 valence electrons. The van der Waals surface area contributed by atoms with Crippen molar-refractivity contribution in [1.29, 1.82) is 0 Å². The minimum atomic E-state index is 0.149. The van der Waals surface area contributed by atoms with Crippen molar-refractivity contribution in [3.63, 3.8) is 0 Å². The summed E-state index contributed by atoms with van der Waals surface area (Å²) in [5.41, 5.74) is 3.39. The summed E-state index contributed by atoms with van der Waals surface area (Å²) in [5.74, 6) is 1.88. The fourth-order valence-corrected chi connectivity index (χ4v) is 2.60. The first-order valence-corrected chi connectivity index (χ1v) is 7.47. The third kappa shape index (κ3) is 3.03. The van der Waals surface area contributed by atoms with Crippen molar-refractivity contribution in [3.8, 4) is 22.6 Å². The van der Waals surface area contributed by atoms with Crippen LogP contribution in [0.1, 0.15) is 19.4 Å². The molecule has 0 saturated carbocycles. The molecule has 3 nitrogen and oxygen atoms in total. The molecule has 3 heteroatoms. The van der Waals surface area contributed by atoms with Crippen LogP contribution in [0.3, 0.4) is 0 Å². The van der Waals surface area contributed by atoms with E-state index in [1.54, 1.807) is 0 Å². The van der Waals surface area contributed by atoms with Crippen LogP contribution in [-0.4, -0.2) is 19.3 Å². The van der Waals surface area contributed by atoms with E-state index < -0.39 is 0 Å². The van der Waals surface area contributed by atoms with Gasteiger partial charge >= 0.3 is 0 Å². The second-order valence-corrected chi connectivity index (χ2v) is 5.48. The Labute approximate surface area is 125 Å². The Balaban J connectivity index is 2.09. The van der Waals surface area contributed by atoms with Crippen molar-refractivity contribution < 1.29 is 9.47 Å². The normalized spacial score (nSPS) is 14.2. The third-order valence-corrected chi connectivity index (χ3v) is 3.48. The van der Waals surface area contributed by atoms with Gasteiger partial charge in [0.25, 0.3) is 0 Å². The van der Waals surface area contributed by atoms with Gasteiger partial charge in [-0.3, -0.25) is 0 Å². The maximum Gasteiger partial charge on any atom is 0.131 e. The molecule has 0 aliphatic carbocycles. The number of ether oxygens (including phenoxy) is 2. The van der Waals surface area contributed by atoms with E-state index in [-0.39, 0.29) is 6.10 Å². The summed E-state index contributed by atoms with van der Waals surface area (Å²) in [5, 5.41) is 3.37. The lowest BCUT2D eigenvalue weighted by Gasteiger charge is -2.17. The van der Waals surface area contributed by atoms with Crippen LogP contribution >= 0.6 is 0 Å². The molecule has 0 amide bonds. The Morgan fingerprint density at radius 3 is 2.71 bits per heavy atom. The highest BCUT2D eigenvalue weighted by Gasteiger charge is 2.17. The van der Waals surface area contributed by atoms with Crippen LogP contribution in [0.15, 0.2) is 42.5 Å². The van der Waals surface area contributed by atoms with E-state index in [1.165, 1.54) is 5.56 Å². The molecule has 2 aromatic carbocycles. The SMILES string of the molecule is CC(C)Oc1ccccc1-c1cccc2c1OCCNC2. The molecule has 0 fully saturated rings. The van der Waals surface area contributed by atoms with Gasteiger partial charge < -0.3 is 14.8 Å². The quantitative estimate of drug-likeness (QED) is 0.933. The first kappa shape index (κ1) is 14.0. The molecule has 0 radical (unpaired) electrons. The number of benzene rings is 2. The fraction of sp³-hybridized carbons (Fsp3) is 0.333. The first-order chi connectivity index (χ1) is 10.3. The highest BCUT2D eigenvalue weighted by Crippen LogP contribution is 2.39. The molecule has 1 aliphatic rings. The maximum atomic E-state index is 5.98. The smallest absolute Gasteiger partial charge is 0.131 e. The lowest BCUT2D eigenvalue weighted by atomic mass is 10.0. The molecule has 1 heterocycles. The van der Waals surface area contributed by atoms with Gasteiger partial charge in [0, 0.05) is 29.8 Å². The Morgan fingerprint density at radius 2 is 1.86 bits per heavy atom. The van der Waals surface area contributed by atoms with E-state index in [4.69, 9.17) is 9.47 Å². The van der Waals surface area contributed by atoms with Crippen LogP contribution in [-0.2, 0) is 6.54 Å². The Kier molecular flexibility index (Phi) is 4.11. The molecule has 2 aromatic rings. The van der Waals surface area contributed by atoms with E-state index in [9.17, 15) is 0 Å². The van der Waals surface area contributed by atoms with Crippen LogP contribution in [0.4, 0.5) is 0 Å². The second kappa shape index (κ2) is 6.19. The molecule has 0 saturated heterocycles. The summed E-state index contributed by atoms with van der Waals surface area (Å²) >= 11 is 0. The lowest BCUT2D eigenvalue weighted by Crippen LogP contribution is -2.16. The van der Waals surface area contributed by atoms with Crippen molar-refractivity contribution in [3.05, 3.63) is 48.0 Å². The number of rotatable bonds is 3. The molecule has 0 spiro atoms. The molecule has 0 unspecified atom stereocenters. The van der Waals surface area contributed by atoms with Gasteiger partial charge in [-0.15, -0.1) is 0 Å². The molecule has 1 aliphatic heterocycles. The zero-order valence-electron chi connectivity index (χ0n) is 12.6. The largest absolute Gasteiger partial charge is 0.491 e. The first-order valence-electron chi connectivity index (χ1n) is 7.47. The molecule has 0 aromatic heterocycles. The Morgan fingerprint density at radius 1 is 1.05 bits per heavy atom. The van der Waals surface area contributed by atoms with Gasteiger partial charge in [0.05, 0.1) is 6.10 Å². The molecular weight excluding hydrogens is 262 g/mol. The molecule has 0 bridgehead atoms. The zero-order valence-corrected chi connectivity index (χ0v) is 12.6. The van der Waals surface area contributed by atoms with Crippen molar-refractivity contribution >= 4 is 0 Å². The second-order valence-electron chi connectivity index (χ2n) is 5.48. The molecule has 21 heavy (non-hydrogen) atoms. The van der Waals surface area contributed by atoms with Crippen LogP contribution in [0.25, 0.3) is 11.1 Å². The van der Waals surface area contributed by atoms with Gasteiger partial charge in [0.2, 0.25) is 0 Å². The fourth-order valence-electron chi connectivity index (χ4n) is 2.60. The summed E-state index contributed by atoms with van der Waals surface area (Å²) < 4.78 is 11.9. The van der Waals surface area contributed by atoms with Crippen molar-refractivity contribution in [2.75, 3.05) is 13.2 Å². The third-order valence-electron chi connectivity index (χ3n) is 3.48. The molecular formula is C18H21NO2. The summed E-state index contributed by atoms with van der Waals surface area (Å²) in [6, 6.07) is 14.5. The van der Waals surface area contributed by atoms with Gasteiger partial charge in [-0.25, -0.2) is 0 Å². The zero-order chi connectivity index (χ0) is 14.7. The topological polar surface area (TPSA) is 30.5 Å². The minimum Gasteiger partial charge on any atom is -0.491 e. The lowest BCUT2D eigenvalue weighted by molar-refractivity contribution is 0.243. The maximum absolute atomic E-state index is 5.98. The highest BCUT2D eigenvalue weighted by molar-refractivity contribution is 5.77. The summed E-state index contributed by atoms with van der Waals surface area (Å²) in [6.45, 7) is 6.50. The summed E-state index contributed by atoms with van der Waals surface area (Å²) in [7, 11) is 0. The Bertz CT molecular complexity index is 622. The van der Waals surface area contributed by atoms with Gasteiger partial charge in [0.15, 0.2) is 0 Å². The van der Waals surface area contributed by atoms with E-state index >= 15 is 0 Å². The van der Waals surface area contributed by atoms with E-state index in [1.807, 2.05) is 32.0 Å². The standard InChI is InChI=1S/C18H21NO2/c1-13(2)21-17-9-4-3-7-15(17)16-8-5-6-14-12-19-10-11-20-18(14)16/h3-9,13,19H,10-12H2,1-2H3. The van der Waals surface area contributed by atoms with Crippen LogP contribution in [0.2, 0.25) is 0 Å². The van der Waals surface area contributed by atoms with Gasteiger partial charge in [-0.2, -0.15) is 0 Å². The average Bonchev–Trinajstić information content (AvgIpc) is 2.72. The number of para-hydroxylation sites is 2. The average molecular weight is 283 g/mol. The van der Waals surface area contributed by atoms with Crippen LogP contribution < -0.4 is 14.8 Å². The summed E-state index contributed by atoms with van der Waals surface area (Å²) in [4.78, 5) is 0. The predicted octanol–water partition coefficient (Wildman–Crippen LogP) is 3.62. The van der Waals surface area contributed by atoms with Gasteiger partial charge in [-0.05, 0) is 19.9 Å². The van der Waals surface area contributed by atoms with E-state index in [2.05, 4.69) is 29.6 Å². The van der Waals surface area contributed by atoms with Crippen molar-refractivity contribution in [2.24, 2.45) is 0 Å². The monoisotopic (exact) mass is 283 g/mol. The molecule has 3 rings (SSSR count). The van der Waals surface area contributed by atoms with E-state index in [0.717, 1.165) is 35.7 Å². The van der Waals surface area contributed by atoms with Crippen LogP contribution in [0, 0.1) is 0 Å². The van der Waals surface area contributed by atoms with Crippen LogP contribution in [0.5, 0.6) is 11.5 Å². The summed E-state index contributed by atoms with van der Waals surface area (Å²) in [6.07, 6.45) is 0.149. The van der Waals surface area contributed by atoms with Gasteiger partial charge in [-0.1, -0.05) is 36.4 Å². The minimum absolute atomic E-state index is 0.149. The van der Waals surface area contributed by atoms with E-state index in [0.29, 0.717) is 6.61 Å². The number of nitrogens with one attached hydrogen (secondary N) is 1. The highest BCUT2D eigenvalue weighted by atomic mass is 16.5. The van der Waals surface area contributed by atoms with Crippen molar-refractivity contribution in [2.45, 2.75) is 26.5 Å². The van der Waals surface area contributed by atoms with Crippen molar-refractivity contribution in [1.82, 2.24) is 5.32 Å². The number of hydrogen-bond donors (Lipinski definition) is 1. The number of fused-ring (bicyclic) bond motifs is 1. The molecule has 1 N–H and O–H groups in total. The number of hydrogen-bond acceptors (Lipinski definition) is 3. The predicted molar refractivity (Wildman–Crippen MR) is 84.8 cm³/mol.